The largest absolute Gasteiger partial charge is 0.342 e. The van der Waals surface area contributed by atoms with Crippen molar-refractivity contribution >= 4 is 11.7 Å². The fourth-order valence-corrected chi connectivity index (χ4v) is 3.64. The number of hydrogen-bond acceptors (Lipinski definition) is 4. The SMILES string of the molecule is Cc1cc(C)n(CCCC(=O)N2CCC[C@@H](C(=O)c3nccn3C)C2)n1. The van der Waals surface area contributed by atoms with E-state index in [0.717, 1.165) is 43.7 Å². The van der Waals surface area contributed by atoms with Gasteiger partial charge in [0, 0.05) is 57.1 Å². The highest BCUT2D eigenvalue weighted by Crippen LogP contribution is 2.21. The first-order valence-electron chi connectivity index (χ1n) is 9.26. The highest BCUT2D eigenvalue weighted by Gasteiger charge is 2.30. The van der Waals surface area contributed by atoms with Gasteiger partial charge in [-0.3, -0.25) is 14.3 Å². The normalized spacial score (nSPS) is 17.5. The number of nitrogens with zero attached hydrogens (tertiary/aromatic N) is 5. The zero-order valence-corrected chi connectivity index (χ0v) is 15.8. The predicted octanol–water partition coefficient (Wildman–Crippen LogP) is 2.14. The summed E-state index contributed by atoms with van der Waals surface area (Å²) in [5, 5.41) is 4.43. The molecule has 140 valence electrons. The van der Waals surface area contributed by atoms with E-state index in [1.165, 1.54) is 0 Å². The van der Waals surface area contributed by atoms with Crippen LogP contribution in [-0.4, -0.2) is 49.0 Å². The lowest BCUT2D eigenvalue weighted by Crippen LogP contribution is -2.42. The van der Waals surface area contributed by atoms with Crippen LogP contribution in [0, 0.1) is 19.8 Å². The number of likely N-dealkylation sites (tertiary alicyclic amines) is 1. The zero-order chi connectivity index (χ0) is 18.7. The van der Waals surface area contributed by atoms with Crippen molar-refractivity contribution in [1.82, 2.24) is 24.2 Å². The van der Waals surface area contributed by atoms with E-state index in [1.54, 1.807) is 17.0 Å². The molecule has 0 unspecified atom stereocenters. The van der Waals surface area contributed by atoms with Crippen LogP contribution in [0.3, 0.4) is 0 Å². The number of imidazole rings is 1. The van der Waals surface area contributed by atoms with E-state index in [-0.39, 0.29) is 17.6 Å². The Morgan fingerprint density at radius 1 is 1.31 bits per heavy atom. The van der Waals surface area contributed by atoms with Gasteiger partial charge in [0.15, 0.2) is 5.82 Å². The van der Waals surface area contributed by atoms with Crippen molar-refractivity contribution < 1.29 is 9.59 Å². The van der Waals surface area contributed by atoms with Crippen molar-refractivity contribution in [3.05, 3.63) is 35.7 Å². The molecule has 2 aromatic heterocycles. The highest BCUT2D eigenvalue weighted by molar-refractivity contribution is 5.95. The molecule has 7 heteroatoms. The van der Waals surface area contributed by atoms with Crippen molar-refractivity contribution in [2.45, 2.75) is 46.1 Å². The summed E-state index contributed by atoms with van der Waals surface area (Å²) in [7, 11) is 1.82. The number of amides is 1. The van der Waals surface area contributed by atoms with Crippen LogP contribution in [0.5, 0.6) is 0 Å². The van der Waals surface area contributed by atoms with Gasteiger partial charge < -0.3 is 9.47 Å². The average Bonchev–Trinajstić information content (AvgIpc) is 3.19. The van der Waals surface area contributed by atoms with E-state index < -0.39 is 0 Å². The molecular weight excluding hydrogens is 330 g/mol. The third-order valence-corrected chi connectivity index (χ3v) is 5.05. The van der Waals surface area contributed by atoms with E-state index in [9.17, 15) is 9.59 Å². The Balaban J connectivity index is 1.52. The smallest absolute Gasteiger partial charge is 0.222 e. The molecule has 26 heavy (non-hydrogen) atoms. The van der Waals surface area contributed by atoms with Gasteiger partial charge in [0.25, 0.3) is 0 Å². The van der Waals surface area contributed by atoms with Crippen LogP contribution >= 0.6 is 0 Å². The molecular formula is C19H27N5O2. The quantitative estimate of drug-likeness (QED) is 0.743. The molecule has 0 N–H and O–H groups in total. The third kappa shape index (κ3) is 4.03. The number of carbonyl (C=O) groups excluding carboxylic acids is 2. The number of carbonyl (C=O) groups is 2. The van der Waals surface area contributed by atoms with Crippen molar-refractivity contribution in [1.29, 1.82) is 0 Å². The second-order valence-corrected chi connectivity index (χ2v) is 7.16. The standard InChI is InChI=1S/C19H27N5O2/c1-14-12-15(2)24(21-14)10-5-7-17(25)23-9-4-6-16(13-23)18(26)19-20-8-11-22(19)3/h8,11-12,16H,4-7,9-10,13H2,1-3H3/t16-/m1/s1. The van der Waals surface area contributed by atoms with E-state index in [2.05, 4.69) is 10.1 Å². The first kappa shape index (κ1) is 18.4. The number of rotatable bonds is 6. The first-order chi connectivity index (χ1) is 12.5. The minimum Gasteiger partial charge on any atom is -0.342 e. The molecule has 0 aromatic carbocycles. The number of hydrogen-bond donors (Lipinski definition) is 0. The van der Waals surface area contributed by atoms with Gasteiger partial charge in [-0.15, -0.1) is 0 Å². The van der Waals surface area contributed by atoms with E-state index >= 15 is 0 Å². The molecule has 0 spiro atoms. The van der Waals surface area contributed by atoms with Gasteiger partial charge in [-0.1, -0.05) is 0 Å². The van der Waals surface area contributed by atoms with Crippen molar-refractivity contribution in [3.8, 4) is 0 Å². The Kier molecular flexibility index (Phi) is 5.54. The van der Waals surface area contributed by atoms with Crippen LogP contribution < -0.4 is 0 Å². The molecule has 1 atom stereocenters. The van der Waals surface area contributed by atoms with Gasteiger partial charge in [0.05, 0.1) is 5.69 Å². The van der Waals surface area contributed by atoms with E-state index in [0.29, 0.717) is 18.8 Å². The Morgan fingerprint density at radius 2 is 2.12 bits per heavy atom. The first-order valence-corrected chi connectivity index (χ1v) is 9.26. The van der Waals surface area contributed by atoms with Crippen LogP contribution in [0.4, 0.5) is 0 Å². The summed E-state index contributed by atoms with van der Waals surface area (Å²) in [5.41, 5.74) is 2.12. The monoisotopic (exact) mass is 357 g/mol. The third-order valence-electron chi connectivity index (χ3n) is 5.05. The van der Waals surface area contributed by atoms with Gasteiger partial charge in [-0.2, -0.15) is 5.10 Å². The molecule has 0 saturated carbocycles. The van der Waals surface area contributed by atoms with Crippen LogP contribution in [0.25, 0.3) is 0 Å². The van der Waals surface area contributed by atoms with Gasteiger partial charge in [-0.25, -0.2) is 4.98 Å². The summed E-state index contributed by atoms with van der Waals surface area (Å²) in [4.78, 5) is 31.2. The molecule has 2 aromatic rings. The molecule has 3 heterocycles. The van der Waals surface area contributed by atoms with Crippen LogP contribution in [0.1, 0.15) is 47.7 Å². The minimum atomic E-state index is -0.148. The Labute approximate surface area is 154 Å². The molecule has 1 fully saturated rings. The van der Waals surface area contributed by atoms with E-state index in [4.69, 9.17) is 0 Å². The van der Waals surface area contributed by atoms with Crippen molar-refractivity contribution in [3.63, 3.8) is 0 Å². The number of aromatic nitrogens is 4. The molecule has 1 aliphatic rings. The molecule has 1 saturated heterocycles. The maximum absolute atomic E-state index is 12.7. The van der Waals surface area contributed by atoms with Crippen LogP contribution in [0.2, 0.25) is 0 Å². The topological polar surface area (TPSA) is 73.0 Å². The number of ketones is 1. The summed E-state index contributed by atoms with van der Waals surface area (Å²) in [6.45, 7) is 5.99. The molecule has 1 amide bonds. The minimum absolute atomic E-state index is 0.0395. The lowest BCUT2D eigenvalue weighted by atomic mass is 9.93. The summed E-state index contributed by atoms with van der Waals surface area (Å²) >= 11 is 0. The molecule has 0 radical (unpaired) electrons. The summed E-state index contributed by atoms with van der Waals surface area (Å²) in [6, 6.07) is 2.04. The van der Waals surface area contributed by atoms with Gasteiger partial charge in [0.2, 0.25) is 11.7 Å². The zero-order valence-electron chi connectivity index (χ0n) is 15.8. The molecule has 0 bridgehead atoms. The maximum Gasteiger partial charge on any atom is 0.222 e. The van der Waals surface area contributed by atoms with Gasteiger partial charge in [0.1, 0.15) is 0 Å². The second-order valence-electron chi connectivity index (χ2n) is 7.16. The van der Waals surface area contributed by atoms with Crippen LogP contribution in [-0.2, 0) is 18.4 Å². The van der Waals surface area contributed by atoms with Crippen LogP contribution in [0.15, 0.2) is 18.5 Å². The van der Waals surface area contributed by atoms with Gasteiger partial charge in [-0.05, 0) is 39.2 Å². The Bertz CT molecular complexity index is 792. The molecule has 3 rings (SSSR count). The van der Waals surface area contributed by atoms with Gasteiger partial charge >= 0.3 is 0 Å². The van der Waals surface area contributed by atoms with E-state index in [1.807, 2.05) is 36.5 Å². The van der Waals surface area contributed by atoms with Crippen molar-refractivity contribution in [2.75, 3.05) is 13.1 Å². The molecule has 1 aliphatic heterocycles. The predicted molar refractivity (Wildman–Crippen MR) is 97.8 cm³/mol. The molecule has 0 aliphatic carbocycles. The fraction of sp³-hybridized carbons (Fsp3) is 0.579. The maximum atomic E-state index is 12.7. The summed E-state index contributed by atoms with van der Waals surface area (Å²) in [6.07, 6.45) is 6.35. The average molecular weight is 357 g/mol. The highest BCUT2D eigenvalue weighted by atomic mass is 16.2. The lowest BCUT2D eigenvalue weighted by molar-refractivity contribution is -0.132. The summed E-state index contributed by atoms with van der Waals surface area (Å²) in [5.74, 6) is 0.500. The lowest BCUT2D eigenvalue weighted by Gasteiger charge is -2.32. The number of Topliss-reactive ketones (excluding diaryl/α,β-unsaturated/α-hetero) is 1. The molecule has 7 nitrogen and oxygen atoms in total. The van der Waals surface area contributed by atoms with Crippen molar-refractivity contribution in [2.24, 2.45) is 13.0 Å². The fourth-order valence-electron chi connectivity index (χ4n) is 3.64. The Morgan fingerprint density at radius 3 is 2.77 bits per heavy atom. The second kappa shape index (κ2) is 7.85. The number of aryl methyl sites for hydroxylation is 4. The Hall–Kier alpha value is -2.44. The summed E-state index contributed by atoms with van der Waals surface area (Å²) < 4.78 is 3.70. The number of piperidine rings is 1.